The number of ether oxygens (including phenoxy) is 2. The van der Waals surface area contributed by atoms with Gasteiger partial charge in [-0.1, -0.05) is 29.3 Å². The van der Waals surface area contributed by atoms with Crippen LogP contribution in [0.15, 0.2) is 40.5 Å². The van der Waals surface area contributed by atoms with Crippen molar-refractivity contribution in [1.29, 1.82) is 0 Å². The number of hydrogen-bond donors (Lipinski definition) is 0. The predicted octanol–water partition coefficient (Wildman–Crippen LogP) is 5.18. The summed E-state index contributed by atoms with van der Waals surface area (Å²) in [6, 6.07) is 8.83. The molecule has 3 aromatic rings. The van der Waals surface area contributed by atoms with Crippen molar-refractivity contribution >= 4 is 44.6 Å². The minimum atomic E-state index is -0.0317. The van der Waals surface area contributed by atoms with Gasteiger partial charge in [-0.25, -0.2) is 0 Å². The summed E-state index contributed by atoms with van der Waals surface area (Å²) in [5, 5.41) is 3.60. The van der Waals surface area contributed by atoms with Gasteiger partial charge >= 0.3 is 0 Å². The molecule has 0 saturated heterocycles. The number of methoxy groups -OCH3 is 2. The van der Waals surface area contributed by atoms with E-state index >= 15 is 0 Å². The molecule has 1 aromatic heterocycles. The molecule has 2 aromatic carbocycles. The Balaban J connectivity index is 2.09. The molecule has 124 valence electrons. The smallest absolute Gasteiger partial charge is 0.191 e. The Labute approximate surface area is 153 Å². The second-order valence-electron chi connectivity index (χ2n) is 5.21. The van der Waals surface area contributed by atoms with Crippen LogP contribution in [0.2, 0.25) is 10.0 Å². The maximum absolute atomic E-state index is 12.8. The minimum Gasteiger partial charge on any atom is -0.493 e. The van der Waals surface area contributed by atoms with E-state index in [2.05, 4.69) is 0 Å². The quantitative estimate of drug-likeness (QED) is 0.625. The van der Waals surface area contributed by atoms with Crippen molar-refractivity contribution in [2.45, 2.75) is 6.42 Å². The van der Waals surface area contributed by atoms with Gasteiger partial charge in [-0.3, -0.25) is 4.79 Å². The van der Waals surface area contributed by atoms with E-state index in [1.165, 1.54) is 11.3 Å². The van der Waals surface area contributed by atoms with Crippen LogP contribution in [0.1, 0.15) is 11.1 Å². The van der Waals surface area contributed by atoms with Crippen molar-refractivity contribution < 1.29 is 9.47 Å². The zero-order chi connectivity index (χ0) is 17.3. The van der Waals surface area contributed by atoms with Crippen molar-refractivity contribution in [3.05, 3.63) is 67.1 Å². The Morgan fingerprint density at radius 2 is 1.71 bits per heavy atom. The van der Waals surface area contributed by atoms with E-state index in [0.29, 0.717) is 38.9 Å². The third-order valence-electron chi connectivity index (χ3n) is 3.75. The van der Waals surface area contributed by atoms with Crippen LogP contribution in [0, 0.1) is 0 Å². The molecular formula is C18H14Cl2O3S. The maximum atomic E-state index is 12.8. The molecule has 24 heavy (non-hydrogen) atoms. The highest BCUT2D eigenvalue weighted by Crippen LogP contribution is 2.33. The summed E-state index contributed by atoms with van der Waals surface area (Å²) in [4.78, 5) is 12.8. The average Bonchev–Trinajstić information content (AvgIpc) is 2.58. The lowest BCUT2D eigenvalue weighted by atomic mass is 10.1. The van der Waals surface area contributed by atoms with Gasteiger partial charge in [-0.05, 0) is 29.1 Å². The van der Waals surface area contributed by atoms with E-state index in [0.717, 1.165) is 10.3 Å². The third kappa shape index (κ3) is 3.22. The summed E-state index contributed by atoms with van der Waals surface area (Å²) < 4.78 is 11.4. The summed E-state index contributed by atoms with van der Waals surface area (Å²) in [5.74, 6) is 1.14. The molecule has 0 aliphatic rings. The Hall–Kier alpha value is -1.75. The highest BCUT2D eigenvalue weighted by atomic mass is 35.5. The number of halogens is 2. The van der Waals surface area contributed by atoms with E-state index in [4.69, 9.17) is 32.7 Å². The first kappa shape index (κ1) is 17.1. The molecule has 0 amide bonds. The normalized spacial score (nSPS) is 10.8. The van der Waals surface area contributed by atoms with Gasteiger partial charge in [0, 0.05) is 38.2 Å². The van der Waals surface area contributed by atoms with Gasteiger partial charge in [0.2, 0.25) is 0 Å². The molecule has 0 aliphatic heterocycles. The van der Waals surface area contributed by atoms with Crippen LogP contribution >= 0.6 is 34.5 Å². The van der Waals surface area contributed by atoms with Crippen molar-refractivity contribution in [3.63, 3.8) is 0 Å². The Bertz CT molecular complexity index is 966. The molecule has 3 rings (SSSR count). The van der Waals surface area contributed by atoms with E-state index in [-0.39, 0.29) is 5.43 Å². The molecule has 1 heterocycles. The predicted molar refractivity (Wildman–Crippen MR) is 100 cm³/mol. The van der Waals surface area contributed by atoms with E-state index < -0.39 is 0 Å². The molecule has 0 N–H and O–H groups in total. The van der Waals surface area contributed by atoms with Crippen molar-refractivity contribution in [2.75, 3.05) is 14.2 Å². The highest BCUT2D eigenvalue weighted by Gasteiger charge is 2.13. The maximum Gasteiger partial charge on any atom is 0.191 e. The number of hydrogen-bond acceptors (Lipinski definition) is 4. The van der Waals surface area contributed by atoms with Crippen LogP contribution < -0.4 is 14.9 Å². The highest BCUT2D eigenvalue weighted by molar-refractivity contribution is 7.16. The van der Waals surface area contributed by atoms with Crippen LogP contribution in [0.5, 0.6) is 11.5 Å². The fourth-order valence-electron chi connectivity index (χ4n) is 2.49. The second-order valence-corrected chi connectivity index (χ2v) is 6.96. The monoisotopic (exact) mass is 380 g/mol. The van der Waals surface area contributed by atoms with Crippen LogP contribution in [-0.4, -0.2) is 14.2 Å². The number of benzene rings is 2. The lowest BCUT2D eigenvalue weighted by molar-refractivity contribution is 0.356. The molecule has 0 bridgehead atoms. The molecule has 0 unspecified atom stereocenters. The largest absolute Gasteiger partial charge is 0.493 e. The lowest BCUT2D eigenvalue weighted by Gasteiger charge is -2.10. The molecule has 3 nitrogen and oxygen atoms in total. The first-order valence-corrected chi connectivity index (χ1v) is 8.77. The molecule has 0 spiro atoms. The molecule has 6 heteroatoms. The summed E-state index contributed by atoms with van der Waals surface area (Å²) in [6.45, 7) is 0. The van der Waals surface area contributed by atoms with Gasteiger partial charge in [0.1, 0.15) is 0 Å². The molecule has 0 atom stereocenters. The fraction of sp³-hybridized carbons (Fsp3) is 0.167. The van der Waals surface area contributed by atoms with Crippen LogP contribution in [0.25, 0.3) is 10.1 Å². The van der Waals surface area contributed by atoms with Crippen LogP contribution in [-0.2, 0) is 6.42 Å². The molecule has 0 aliphatic carbocycles. The van der Waals surface area contributed by atoms with Gasteiger partial charge in [0.05, 0.1) is 14.2 Å². The molecule has 0 saturated carbocycles. The zero-order valence-corrected chi connectivity index (χ0v) is 15.4. The zero-order valence-electron chi connectivity index (χ0n) is 13.1. The molecule has 0 fully saturated rings. The van der Waals surface area contributed by atoms with Crippen LogP contribution in [0.4, 0.5) is 0 Å². The summed E-state index contributed by atoms with van der Waals surface area (Å²) >= 11 is 13.6. The SMILES string of the molecule is COc1cc2scc(Cc3ccc(Cl)cc3Cl)c(=O)c2cc1OC. The number of rotatable bonds is 4. The van der Waals surface area contributed by atoms with Gasteiger partial charge in [0.15, 0.2) is 16.9 Å². The molecule has 0 radical (unpaired) electrons. The fourth-order valence-corrected chi connectivity index (χ4v) is 3.88. The topological polar surface area (TPSA) is 35.5 Å². The van der Waals surface area contributed by atoms with E-state index in [1.54, 1.807) is 32.4 Å². The van der Waals surface area contributed by atoms with E-state index in [9.17, 15) is 4.79 Å². The molecular weight excluding hydrogens is 367 g/mol. The van der Waals surface area contributed by atoms with Gasteiger partial charge in [-0.15, -0.1) is 11.3 Å². The van der Waals surface area contributed by atoms with E-state index in [1.807, 2.05) is 17.5 Å². The van der Waals surface area contributed by atoms with Crippen LogP contribution in [0.3, 0.4) is 0 Å². The third-order valence-corrected chi connectivity index (χ3v) is 5.33. The Morgan fingerprint density at radius 3 is 2.38 bits per heavy atom. The van der Waals surface area contributed by atoms with Crippen molar-refractivity contribution in [2.24, 2.45) is 0 Å². The van der Waals surface area contributed by atoms with Gasteiger partial charge in [-0.2, -0.15) is 0 Å². The second kappa shape index (κ2) is 7.01. The van der Waals surface area contributed by atoms with Gasteiger partial charge in [0.25, 0.3) is 0 Å². The standard InChI is InChI=1S/C18H14Cl2O3S/c1-22-15-7-13-17(8-16(15)23-2)24-9-11(18(13)21)5-10-3-4-12(19)6-14(10)20/h3-4,6-9H,5H2,1-2H3. The Morgan fingerprint density at radius 1 is 1.00 bits per heavy atom. The number of fused-ring (bicyclic) bond motifs is 1. The van der Waals surface area contributed by atoms with Crippen molar-refractivity contribution in [3.8, 4) is 11.5 Å². The van der Waals surface area contributed by atoms with Crippen molar-refractivity contribution in [1.82, 2.24) is 0 Å². The first-order valence-electron chi connectivity index (χ1n) is 7.14. The minimum absolute atomic E-state index is 0.0317. The summed E-state index contributed by atoms with van der Waals surface area (Å²) in [7, 11) is 3.12. The summed E-state index contributed by atoms with van der Waals surface area (Å²) in [6.07, 6.45) is 0.454. The van der Waals surface area contributed by atoms with Gasteiger partial charge < -0.3 is 9.47 Å². The Kier molecular flexibility index (Phi) is 4.99. The first-order chi connectivity index (χ1) is 11.5. The lowest BCUT2D eigenvalue weighted by Crippen LogP contribution is -2.09. The average molecular weight is 381 g/mol. The summed E-state index contributed by atoms with van der Waals surface area (Å²) in [5.41, 5.74) is 1.52.